The zero-order chi connectivity index (χ0) is 14.5. The van der Waals surface area contributed by atoms with Crippen molar-refractivity contribution >= 4 is 0 Å². The maximum absolute atomic E-state index is 2.58. The van der Waals surface area contributed by atoms with Gasteiger partial charge in [0.25, 0.3) is 0 Å². The van der Waals surface area contributed by atoms with Crippen LogP contribution in [0, 0.1) is 5.92 Å². The van der Waals surface area contributed by atoms with Gasteiger partial charge in [-0.15, -0.1) is 0 Å². The third-order valence-electron chi connectivity index (χ3n) is 3.53. The Balaban J connectivity index is 0.000000741. The summed E-state index contributed by atoms with van der Waals surface area (Å²) in [6.07, 6.45) is 4.14. The van der Waals surface area contributed by atoms with Gasteiger partial charge in [0, 0.05) is 6.54 Å². The Morgan fingerprint density at radius 1 is 0.947 bits per heavy atom. The Hall–Kier alpha value is -0.820. The number of piperidine rings is 1. The summed E-state index contributed by atoms with van der Waals surface area (Å²) in [6, 6.07) is 10.8. The molecule has 1 aromatic rings. The van der Waals surface area contributed by atoms with Crippen LogP contribution in [0.1, 0.15) is 59.4 Å². The van der Waals surface area contributed by atoms with E-state index < -0.39 is 0 Å². The molecule has 1 nitrogen and oxygen atoms in total. The van der Waals surface area contributed by atoms with Crippen molar-refractivity contribution in [3.8, 4) is 0 Å². The Morgan fingerprint density at radius 3 is 1.95 bits per heavy atom. The molecule has 110 valence electrons. The predicted octanol–water partition coefficient (Wildman–Crippen LogP) is 5.36. The smallest absolute Gasteiger partial charge is 0.0233 e. The van der Waals surface area contributed by atoms with E-state index in [1.54, 1.807) is 0 Å². The van der Waals surface area contributed by atoms with Crippen molar-refractivity contribution in [1.29, 1.82) is 0 Å². The van der Waals surface area contributed by atoms with Crippen LogP contribution >= 0.6 is 0 Å². The van der Waals surface area contributed by atoms with Gasteiger partial charge < -0.3 is 0 Å². The van der Waals surface area contributed by atoms with E-state index in [2.05, 4.69) is 42.2 Å². The Kier molecular flexibility index (Phi) is 11.7. The number of nitrogens with zero attached hydrogens (tertiary/aromatic N) is 1. The first-order valence-electron chi connectivity index (χ1n) is 8.14. The van der Waals surface area contributed by atoms with Gasteiger partial charge in [-0.3, -0.25) is 4.90 Å². The molecule has 0 amide bonds. The summed E-state index contributed by atoms with van der Waals surface area (Å²) in [5.74, 6) is 0.983. The van der Waals surface area contributed by atoms with E-state index in [-0.39, 0.29) is 0 Å². The fourth-order valence-corrected chi connectivity index (χ4v) is 2.39. The van der Waals surface area contributed by atoms with Crippen LogP contribution in [0.5, 0.6) is 0 Å². The second kappa shape index (κ2) is 12.2. The summed E-state index contributed by atoms with van der Waals surface area (Å²) in [7, 11) is 0. The lowest BCUT2D eigenvalue weighted by Gasteiger charge is -2.31. The molecule has 0 unspecified atom stereocenters. The highest BCUT2D eigenvalue weighted by atomic mass is 15.1. The molecule has 19 heavy (non-hydrogen) atoms. The molecule has 0 atom stereocenters. The van der Waals surface area contributed by atoms with E-state index in [1.165, 1.54) is 37.9 Å². The quantitative estimate of drug-likeness (QED) is 0.709. The van der Waals surface area contributed by atoms with Crippen molar-refractivity contribution in [2.45, 2.75) is 60.4 Å². The van der Waals surface area contributed by atoms with Crippen molar-refractivity contribution in [3.63, 3.8) is 0 Å². The van der Waals surface area contributed by atoms with Crippen LogP contribution < -0.4 is 0 Å². The van der Waals surface area contributed by atoms with Crippen LogP contribution in [0.15, 0.2) is 30.3 Å². The molecule has 0 saturated carbocycles. The monoisotopic (exact) mass is 263 g/mol. The second-order valence-corrected chi connectivity index (χ2v) is 4.61. The first-order chi connectivity index (χ1) is 9.38. The molecular formula is C18H33N. The van der Waals surface area contributed by atoms with Gasteiger partial charge in [0.05, 0.1) is 0 Å². The van der Waals surface area contributed by atoms with Crippen molar-refractivity contribution in [1.82, 2.24) is 4.90 Å². The molecule has 1 saturated heterocycles. The van der Waals surface area contributed by atoms with E-state index in [1.807, 2.05) is 27.7 Å². The molecular weight excluding hydrogens is 230 g/mol. The summed E-state index contributed by atoms with van der Waals surface area (Å²) in [4.78, 5) is 2.58. The Bertz CT molecular complexity index is 273. The summed E-state index contributed by atoms with van der Waals surface area (Å²) in [6.45, 7) is 14.0. The average molecular weight is 263 g/mol. The topological polar surface area (TPSA) is 3.24 Å². The highest BCUT2D eigenvalue weighted by Crippen LogP contribution is 2.21. The summed E-state index contributed by atoms with van der Waals surface area (Å²) < 4.78 is 0. The number of benzene rings is 1. The van der Waals surface area contributed by atoms with Crippen molar-refractivity contribution in [2.24, 2.45) is 5.92 Å². The van der Waals surface area contributed by atoms with Crippen LogP contribution in [-0.4, -0.2) is 18.0 Å². The molecule has 0 radical (unpaired) electrons. The number of hydrogen-bond acceptors (Lipinski definition) is 1. The molecule has 0 bridgehead atoms. The highest BCUT2D eigenvalue weighted by molar-refractivity contribution is 5.14. The van der Waals surface area contributed by atoms with Crippen molar-refractivity contribution in [2.75, 3.05) is 13.1 Å². The molecule has 1 heteroatoms. The molecule has 1 heterocycles. The standard InChI is InChI=1S/C14H21N.2C2H6/c1-2-13-8-10-15(11-9-13)12-14-6-4-3-5-7-14;2*1-2/h3-7,13H,2,8-12H2,1H3;2*1-2H3. The first-order valence-corrected chi connectivity index (χ1v) is 8.14. The fraction of sp³-hybridized carbons (Fsp3) is 0.667. The first kappa shape index (κ1) is 18.2. The van der Waals surface area contributed by atoms with Gasteiger partial charge in [-0.1, -0.05) is 71.4 Å². The van der Waals surface area contributed by atoms with Gasteiger partial charge >= 0.3 is 0 Å². The molecule has 2 rings (SSSR count). The lowest BCUT2D eigenvalue weighted by Crippen LogP contribution is -2.32. The van der Waals surface area contributed by atoms with E-state index in [4.69, 9.17) is 0 Å². The van der Waals surface area contributed by atoms with Gasteiger partial charge in [-0.2, -0.15) is 0 Å². The lowest BCUT2D eigenvalue weighted by molar-refractivity contribution is 0.175. The van der Waals surface area contributed by atoms with Crippen LogP contribution in [-0.2, 0) is 6.54 Å². The zero-order valence-electron chi connectivity index (χ0n) is 13.7. The molecule has 1 aromatic carbocycles. The minimum absolute atomic E-state index is 0.983. The van der Waals surface area contributed by atoms with Crippen LogP contribution in [0.25, 0.3) is 0 Å². The van der Waals surface area contributed by atoms with E-state index in [9.17, 15) is 0 Å². The molecule has 0 N–H and O–H groups in total. The lowest BCUT2D eigenvalue weighted by atomic mass is 9.94. The second-order valence-electron chi connectivity index (χ2n) is 4.61. The maximum Gasteiger partial charge on any atom is 0.0233 e. The van der Waals surface area contributed by atoms with Crippen LogP contribution in [0.3, 0.4) is 0 Å². The zero-order valence-corrected chi connectivity index (χ0v) is 13.7. The summed E-state index contributed by atoms with van der Waals surface area (Å²) in [5, 5.41) is 0. The Morgan fingerprint density at radius 2 is 1.47 bits per heavy atom. The average Bonchev–Trinajstić information content (AvgIpc) is 2.53. The normalized spacial score (nSPS) is 15.8. The minimum Gasteiger partial charge on any atom is -0.299 e. The number of rotatable bonds is 3. The van der Waals surface area contributed by atoms with E-state index in [0.29, 0.717) is 0 Å². The molecule has 0 aliphatic carbocycles. The van der Waals surface area contributed by atoms with Crippen molar-refractivity contribution < 1.29 is 0 Å². The van der Waals surface area contributed by atoms with E-state index >= 15 is 0 Å². The molecule has 0 aromatic heterocycles. The van der Waals surface area contributed by atoms with Crippen LogP contribution in [0.2, 0.25) is 0 Å². The largest absolute Gasteiger partial charge is 0.299 e. The van der Waals surface area contributed by atoms with Gasteiger partial charge in [-0.05, 0) is 37.4 Å². The molecule has 1 aliphatic rings. The maximum atomic E-state index is 2.58. The van der Waals surface area contributed by atoms with Gasteiger partial charge in [0.15, 0.2) is 0 Å². The third kappa shape index (κ3) is 7.37. The number of hydrogen-bond donors (Lipinski definition) is 0. The summed E-state index contributed by atoms with van der Waals surface area (Å²) >= 11 is 0. The summed E-state index contributed by atoms with van der Waals surface area (Å²) in [5.41, 5.74) is 1.45. The van der Waals surface area contributed by atoms with Gasteiger partial charge in [0.1, 0.15) is 0 Å². The van der Waals surface area contributed by atoms with Gasteiger partial charge in [0.2, 0.25) is 0 Å². The SMILES string of the molecule is CC.CC.CCC1CCN(Cc2ccccc2)CC1. The van der Waals surface area contributed by atoms with E-state index in [0.717, 1.165) is 12.5 Å². The van der Waals surface area contributed by atoms with Gasteiger partial charge in [-0.25, -0.2) is 0 Å². The number of likely N-dealkylation sites (tertiary alicyclic amines) is 1. The fourth-order valence-electron chi connectivity index (χ4n) is 2.39. The van der Waals surface area contributed by atoms with Crippen LogP contribution in [0.4, 0.5) is 0 Å². The molecule has 1 aliphatic heterocycles. The minimum atomic E-state index is 0.983. The Labute approximate surface area is 121 Å². The third-order valence-corrected chi connectivity index (χ3v) is 3.53. The molecule has 0 spiro atoms. The highest BCUT2D eigenvalue weighted by Gasteiger charge is 2.17. The molecule has 1 fully saturated rings. The van der Waals surface area contributed by atoms with Crippen molar-refractivity contribution in [3.05, 3.63) is 35.9 Å². The predicted molar refractivity (Wildman–Crippen MR) is 87.4 cm³/mol.